The molecule has 0 aromatic heterocycles. The van der Waals surface area contributed by atoms with Gasteiger partial charge >= 0.3 is 0 Å². The number of benzene rings is 3. The van der Waals surface area contributed by atoms with Crippen molar-refractivity contribution in [2.24, 2.45) is 5.10 Å². The zero-order chi connectivity index (χ0) is 23.8. The van der Waals surface area contributed by atoms with Crippen LogP contribution in [0.15, 0.2) is 82.8 Å². The van der Waals surface area contributed by atoms with Gasteiger partial charge in [-0.3, -0.25) is 9.10 Å². The van der Waals surface area contributed by atoms with E-state index in [1.165, 1.54) is 32.6 Å². The van der Waals surface area contributed by atoms with E-state index in [4.69, 9.17) is 9.47 Å². The fourth-order valence-corrected chi connectivity index (χ4v) is 4.65. The molecule has 1 amide bonds. The molecule has 3 rings (SSSR count). The van der Waals surface area contributed by atoms with Gasteiger partial charge in [-0.25, -0.2) is 13.8 Å². The number of rotatable bonds is 9. The molecule has 0 unspecified atom stereocenters. The van der Waals surface area contributed by atoms with Crippen molar-refractivity contribution in [2.45, 2.75) is 11.8 Å². The summed E-state index contributed by atoms with van der Waals surface area (Å²) in [4.78, 5) is 12.8. The molecule has 0 heterocycles. The number of aryl methyl sites for hydroxylation is 1. The summed E-state index contributed by atoms with van der Waals surface area (Å²) in [6.45, 7) is 1.34. The number of anilines is 1. The number of para-hydroxylation sites is 1. The van der Waals surface area contributed by atoms with Gasteiger partial charge in [0.2, 0.25) is 0 Å². The van der Waals surface area contributed by atoms with Gasteiger partial charge in [-0.2, -0.15) is 5.10 Å². The van der Waals surface area contributed by atoms with Gasteiger partial charge in [-0.15, -0.1) is 0 Å². The molecule has 3 aromatic rings. The molecule has 0 spiro atoms. The molecule has 1 N–H and O–H groups in total. The standard InChI is InChI=1S/C24H25N3O5S/c1-18-9-7-8-12-22(18)27(33(29,30)21-10-5-4-6-11-21)17-24(28)26-25-16-19-15-20(31-2)13-14-23(19)32-3/h4-16H,17H2,1-3H3,(H,26,28)/b25-16+. The first-order chi connectivity index (χ1) is 15.9. The molecule has 0 saturated heterocycles. The third kappa shape index (κ3) is 5.69. The Bertz CT molecular complexity index is 1240. The molecule has 0 saturated carbocycles. The minimum Gasteiger partial charge on any atom is -0.497 e. The van der Waals surface area contributed by atoms with E-state index in [9.17, 15) is 13.2 Å². The summed E-state index contributed by atoms with van der Waals surface area (Å²) < 4.78 is 38.3. The normalized spacial score (nSPS) is 11.2. The number of nitrogens with one attached hydrogen (secondary N) is 1. The Hall–Kier alpha value is -3.85. The number of methoxy groups -OCH3 is 2. The lowest BCUT2D eigenvalue weighted by molar-refractivity contribution is -0.119. The quantitative estimate of drug-likeness (QED) is 0.384. The second kappa shape index (κ2) is 10.6. The zero-order valence-corrected chi connectivity index (χ0v) is 19.4. The molecule has 33 heavy (non-hydrogen) atoms. The van der Waals surface area contributed by atoms with Gasteiger partial charge in [-0.1, -0.05) is 36.4 Å². The highest BCUT2D eigenvalue weighted by molar-refractivity contribution is 7.92. The molecule has 0 aliphatic carbocycles. The smallest absolute Gasteiger partial charge is 0.264 e. The highest BCUT2D eigenvalue weighted by atomic mass is 32.2. The van der Waals surface area contributed by atoms with Crippen LogP contribution in [0, 0.1) is 6.92 Å². The summed E-state index contributed by atoms with van der Waals surface area (Å²) in [5.74, 6) is 0.543. The number of hydrogen-bond acceptors (Lipinski definition) is 6. The van der Waals surface area contributed by atoms with E-state index in [0.717, 1.165) is 9.87 Å². The lowest BCUT2D eigenvalue weighted by atomic mass is 10.2. The van der Waals surface area contributed by atoms with E-state index < -0.39 is 22.5 Å². The second-order valence-electron chi connectivity index (χ2n) is 7.01. The first kappa shape index (κ1) is 23.8. The van der Waals surface area contributed by atoms with E-state index >= 15 is 0 Å². The van der Waals surface area contributed by atoms with Crippen LogP contribution in [0.25, 0.3) is 0 Å². The molecule has 9 heteroatoms. The SMILES string of the molecule is COc1ccc(OC)c(/C=N/NC(=O)CN(c2ccccc2C)S(=O)(=O)c2ccccc2)c1. The summed E-state index contributed by atoms with van der Waals surface area (Å²) in [5.41, 5.74) is 4.11. The Morgan fingerprint density at radius 2 is 1.70 bits per heavy atom. The Kier molecular flexibility index (Phi) is 7.68. The van der Waals surface area contributed by atoms with E-state index in [2.05, 4.69) is 10.5 Å². The van der Waals surface area contributed by atoms with Crippen LogP contribution >= 0.6 is 0 Å². The Labute approximate surface area is 193 Å². The molecule has 0 aliphatic heterocycles. The van der Waals surface area contributed by atoms with Crippen molar-refractivity contribution in [3.63, 3.8) is 0 Å². The van der Waals surface area contributed by atoms with Gasteiger partial charge < -0.3 is 9.47 Å². The van der Waals surface area contributed by atoms with Gasteiger partial charge in [0.25, 0.3) is 15.9 Å². The Morgan fingerprint density at radius 1 is 1.00 bits per heavy atom. The maximum absolute atomic E-state index is 13.3. The number of hydrazone groups is 1. The van der Waals surface area contributed by atoms with Crippen LogP contribution in [0.2, 0.25) is 0 Å². The topological polar surface area (TPSA) is 97.3 Å². The van der Waals surface area contributed by atoms with Crippen LogP contribution < -0.4 is 19.2 Å². The maximum Gasteiger partial charge on any atom is 0.264 e. The average molecular weight is 468 g/mol. The number of amides is 1. The number of carbonyl (C=O) groups excluding carboxylic acids is 1. The van der Waals surface area contributed by atoms with Crippen molar-refractivity contribution in [2.75, 3.05) is 25.1 Å². The van der Waals surface area contributed by atoms with Crippen molar-refractivity contribution >= 4 is 27.8 Å². The summed E-state index contributed by atoms with van der Waals surface area (Å²) in [6, 6.07) is 20.1. The zero-order valence-electron chi connectivity index (χ0n) is 18.6. The third-order valence-electron chi connectivity index (χ3n) is 4.83. The van der Waals surface area contributed by atoms with Gasteiger partial charge in [-0.05, 0) is 48.9 Å². The van der Waals surface area contributed by atoms with Crippen molar-refractivity contribution in [1.29, 1.82) is 0 Å². The highest BCUT2D eigenvalue weighted by Gasteiger charge is 2.28. The van der Waals surface area contributed by atoms with E-state index in [1.807, 2.05) is 0 Å². The lowest BCUT2D eigenvalue weighted by Crippen LogP contribution is -2.40. The van der Waals surface area contributed by atoms with E-state index in [-0.39, 0.29) is 4.90 Å². The first-order valence-corrected chi connectivity index (χ1v) is 11.5. The number of ether oxygens (including phenoxy) is 2. The van der Waals surface area contributed by atoms with E-state index in [1.54, 1.807) is 67.6 Å². The van der Waals surface area contributed by atoms with Crippen LogP contribution in [-0.2, 0) is 14.8 Å². The summed E-state index contributed by atoms with van der Waals surface area (Å²) >= 11 is 0. The minimum absolute atomic E-state index is 0.0886. The fraction of sp³-hybridized carbons (Fsp3) is 0.167. The number of nitrogens with zero attached hydrogens (tertiary/aromatic N) is 2. The summed E-state index contributed by atoms with van der Waals surface area (Å²) in [7, 11) is -0.925. The van der Waals surface area contributed by atoms with Crippen molar-refractivity contribution in [3.05, 3.63) is 83.9 Å². The second-order valence-corrected chi connectivity index (χ2v) is 8.87. The molecular formula is C24H25N3O5S. The van der Waals surface area contributed by atoms with Gasteiger partial charge in [0.1, 0.15) is 18.0 Å². The molecule has 8 nitrogen and oxygen atoms in total. The third-order valence-corrected chi connectivity index (χ3v) is 6.61. The Morgan fingerprint density at radius 3 is 2.36 bits per heavy atom. The molecule has 0 aliphatic rings. The molecule has 0 atom stereocenters. The summed E-state index contributed by atoms with van der Waals surface area (Å²) in [6.07, 6.45) is 1.41. The van der Waals surface area contributed by atoms with Crippen LogP contribution in [0.4, 0.5) is 5.69 Å². The largest absolute Gasteiger partial charge is 0.497 e. The molecule has 0 bridgehead atoms. The highest BCUT2D eigenvalue weighted by Crippen LogP contribution is 2.26. The predicted molar refractivity (Wildman–Crippen MR) is 127 cm³/mol. The van der Waals surface area contributed by atoms with Gasteiger partial charge in [0.15, 0.2) is 0 Å². The van der Waals surface area contributed by atoms with Crippen LogP contribution in [0.1, 0.15) is 11.1 Å². The molecule has 3 aromatic carbocycles. The monoisotopic (exact) mass is 467 g/mol. The molecule has 0 fully saturated rings. The van der Waals surface area contributed by atoms with Gasteiger partial charge in [0, 0.05) is 5.56 Å². The predicted octanol–water partition coefficient (Wildman–Crippen LogP) is 3.36. The van der Waals surface area contributed by atoms with Crippen molar-refractivity contribution in [3.8, 4) is 11.5 Å². The molecule has 0 radical (unpaired) electrons. The van der Waals surface area contributed by atoms with Crippen LogP contribution in [0.5, 0.6) is 11.5 Å². The average Bonchev–Trinajstić information content (AvgIpc) is 2.83. The number of carbonyl (C=O) groups is 1. The lowest BCUT2D eigenvalue weighted by Gasteiger charge is -2.25. The molecule has 172 valence electrons. The van der Waals surface area contributed by atoms with Crippen LogP contribution in [0.3, 0.4) is 0 Å². The Balaban J connectivity index is 1.85. The van der Waals surface area contributed by atoms with Gasteiger partial charge in [0.05, 0.1) is 31.0 Å². The summed E-state index contributed by atoms with van der Waals surface area (Å²) in [5, 5.41) is 3.97. The van der Waals surface area contributed by atoms with Crippen LogP contribution in [-0.4, -0.2) is 41.3 Å². The minimum atomic E-state index is -3.98. The first-order valence-electron chi connectivity index (χ1n) is 10.0. The van der Waals surface area contributed by atoms with E-state index in [0.29, 0.717) is 22.7 Å². The van der Waals surface area contributed by atoms with Crippen molar-refractivity contribution in [1.82, 2.24) is 5.43 Å². The number of sulfonamides is 1. The number of hydrogen-bond donors (Lipinski definition) is 1. The molecular weight excluding hydrogens is 442 g/mol. The maximum atomic E-state index is 13.3. The fourth-order valence-electron chi connectivity index (χ4n) is 3.14. The van der Waals surface area contributed by atoms with Crippen molar-refractivity contribution < 1.29 is 22.7 Å².